The molecule has 0 aliphatic rings. The zero-order chi connectivity index (χ0) is 12.0. The average molecular weight is 224 g/mol. The van der Waals surface area contributed by atoms with E-state index < -0.39 is 4.92 Å². The van der Waals surface area contributed by atoms with Crippen molar-refractivity contribution in [1.82, 2.24) is 0 Å². The lowest BCUT2D eigenvalue weighted by Crippen LogP contribution is -2.04. The Labute approximate surface area is 94.4 Å². The van der Waals surface area contributed by atoms with Crippen LogP contribution in [0, 0.1) is 10.1 Å². The van der Waals surface area contributed by atoms with Gasteiger partial charge in [0.1, 0.15) is 5.75 Å². The first-order valence-electron chi connectivity index (χ1n) is 5.29. The summed E-state index contributed by atoms with van der Waals surface area (Å²) >= 11 is 0. The third-order valence-electron chi connectivity index (χ3n) is 2.23. The largest absolute Gasteiger partial charge is 0.493 e. The van der Waals surface area contributed by atoms with Gasteiger partial charge in [0.2, 0.25) is 0 Å². The molecule has 0 fully saturated rings. The minimum atomic E-state index is -0.436. The summed E-state index contributed by atoms with van der Waals surface area (Å²) in [6, 6.07) is 4.50. The standard InChI is InChI=1S/C11H16N2O3/c1-2-3-6-16-11-5-4-10(13(14)15)7-9(11)8-12/h4-5,7H,2-3,6,8,12H2,1H3. The third-order valence-corrected chi connectivity index (χ3v) is 2.23. The molecule has 1 aromatic carbocycles. The minimum absolute atomic E-state index is 0.0447. The van der Waals surface area contributed by atoms with Gasteiger partial charge in [-0.05, 0) is 12.5 Å². The summed E-state index contributed by atoms with van der Waals surface area (Å²) in [7, 11) is 0. The fourth-order valence-electron chi connectivity index (χ4n) is 1.31. The van der Waals surface area contributed by atoms with E-state index >= 15 is 0 Å². The van der Waals surface area contributed by atoms with Gasteiger partial charge < -0.3 is 10.5 Å². The molecule has 5 heteroatoms. The Balaban J connectivity index is 2.80. The first kappa shape index (κ1) is 12.4. The number of ether oxygens (including phenoxy) is 1. The number of nitro groups is 1. The third kappa shape index (κ3) is 3.20. The minimum Gasteiger partial charge on any atom is -0.493 e. The van der Waals surface area contributed by atoms with Crippen LogP contribution < -0.4 is 10.5 Å². The molecule has 16 heavy (non-hydrogen) atoms. The molecule has 0 saturated carbocycles. The second-order valence-corrected chi connectivity index (χ2v) is 3.46. The number of nitro benzene ring substituents is 1. The first-order chi connectivity index (χ1) is 7.69. The highest BCUT2D eigenvalue weighted by Crippen LogP contribution is 2.23. The molecule has 2 N–H and O–H groups in total. The van der Waals surface area contributed by atoms with Crippen LogP contribution in [-0.2, 0) is 6.54 Å². The Bertz CT molecular complexity index is 366. The van der Waals surface area contributed by atoms with Crippen molar-refractivity contribution < 1.29 is 9.66 Å². The van der Waals surface area contributed by atoms with Crippen molar-refractivity contribution in [3.63, 3.8) is 0 Å². The van der Waals surface area contributed by atoms with Gasteiger partial charge in [-0.25, -0.2) is 0 Å². The van der Waals surface area contributed by atoms with Crippen molar-refractivity contribution in [3.05, 3.63) is 33.9 Å². The summed E-state index contributed by atoms with van der Waals surface area (Å²) in [6.45, 7) is 2.92. The normalized spacial score (nSPS) is 10.1. The van der Waals surface area contributed by atoms with E-state index in [2.05, 4.69) is 6.92 Å². The van der Waals surface area contributed by atoms with E-state index in [4.69, 9.17) is 10.5 Å². The van der Waals surface area contributed by atoms with Gasteiger partial charge >= 0.3 is 0 Å². The number of nitrogens with two attached hydrogens (primary N) is 1. The van der Waals surface area contributed by atoms with Crippen LogP contribution in [0.1, 0.15) is 25.3 Å². The zero-order valence-corrected chi connectivity index (χ0v) is 9.31. The van der Waals surface area contributed by atoms with Crippen molar-refractivity contribution in [2.45, 2.75) is 26.3 Å². The maximum absolute atomic E-state index is 10.6. The number of unbranched alkanes of at least 4 members (excludes halogenated alkanes) is 1. The molecule has 5 nitrogen and oxygen atoms in total. The molecular weight excluding hydrogens is 208 g/mol. The number of hydrogen-bond donors (Lipinski definition) is 1. The van der Waals surface area contributed by atoms with Gasteiger partial charge in [0.15, 0.2) is 0 Å². The summed E-state index contributed by atoms with van der Waals surface area (Å²) < 4.78 is 5.50. The average Bonchev–Trinajstić information content (AvgIpc) is 2.29. The molecule has 0 aliphatic heterocycles. The molecule has 0 aliphatic carbocycles. The van der Waals surface area contributed by atoms with Gasteiger partial charge in [0.05, 0.1) is 11.5 Å². The second kappa shape index (κ2) is 6.07. The lowest BCUT2D eigenvalue weighted by Gasteiger charge is -2.09. The fraction of sp³-hybridized carbons (Fsp3) is 0.455. The van der Waals surface area contributed by atoms with Gasteiger partial charge in [0, 0.05) is 24.2 Å². The van der Waals surface area contributed by atoms with Crippen molar-refractivity contribution in [1.29, 1.82) is 0 Å². The van der Waals surface area contributed by atoms with Crippen LogP contribution >= 0.6 is 0 Å². The molecule has 88 valence electrons. The quantitative estimate of drug-likeness (QED) is 0.456. The van der Waals surface area contributed by atoms with Crippen LogP contribution in [-0.4, -0.2) is 11.5 Å². The van der Waals surface area contributed by atoms with E-state index in [9.17, 15) is 10.1 Å². The number of benzene rings is 1. The smallest absolute Gasteiger partial charge is 0.270 e. The van der Waals surface area contributed by atoms with Crippen LogP contribution in [0.3, 0.4) is 0 Å². The Morgan fingerprint density at radius 1 is 1.50 bits per heavy atom. The van der Waals surface area contributed by atoms with Crippen LogP contribution in [0.2, 0.25) is 0 Å². The summed E-state index contributed by atoms with van der Waals surface area (Å²) in [5.41, 5.74) is 6.24. The van der Waals surface area contributed by atoms with Gasteiger partial charge in [-0.2, -0.15) is 0 Å². The summed E-state index contributed by atoms with van der Waals surface area (Å²) in [4.78, 5) is 10.1. The monoisotopic (exact) mass is 224 g/mol. The van der Waals surface area contributed by atoms with Gasteiger partial charge in [-0.1, -0.05) is 13.3 Å². The van der Waals surface area contributed by atoms with Crippen molar-refractivity contribution in [3.8, 4) is 5.75 Å². The van der Waals surface area contributed by atoms with Crippen molar-refractivity contribution in [2.24, 2.45) is 5.73 Å². The molecule has 1 aromatic rings. The molecule has 0 atom stereocenters. The highest BCUT2D eigenvalue weighted by Gasteiger charge is 2.10. The predicted octanol–water partition coefficient (Wildman–Crippen LogP) is 2.23. The summed E-state index contributed by atoms with van der Waals surface area (Å²) in [6.07, 6.45) is 2.01. The highest BCUT2D eigenvalue weighted by molar-refractivity contribution is 5.43. The molecule has 0 unspecified atom stereocenters. The predicted molar refractivity (Wildman–Crippen MR) is 61.4 cm³/mol. The number of rotatable bonds is 6. The Morgan fingerprint density at radius 3 is 2.81 bits per heavy atom. The highest BCUT2D eigenvalue weighted by atomic mass is 16.6. The van der Waals surface area contributed by atoms with Crippen LogP contribution in [0.4, 0.5) is 5.69 Å². The van der Waals surface area contributed by atoms with Crippen molar-refractivity contribution in [2.75, 3.05) is 6.61 Å². The van der Waals surface area contributed by atoms with E-state index in [-0.39, 0.29) is 12.2 Å². The van der Waals surface area contributed by atoms with E-state index in [1.807, 2.05) is 0 Å². The van der Waals surface area contributed by atoms with E-state index in [1.165, 1.54) is 12.1 Å². The molecule has 0 saturated heterocycles. The Morgan fingerprint density at radius 2 is 2.25 bits per heavy atom. The Hall–Kier alpha value is -1.62. The first-order valence-corrected chi connectivity index (χ1v) is 5.29. The number of non-ortho nitro benzene ring substituents is 1. The number of hydrogen-bond acceptors (Lipinski definition) is 4. The molecule has 0 amide bonds. The number of nitrogens with zero attached hydrogens (tertiary/aromatic N) is 1. The molecule has 0 aromatic heterocycles. The van der Waals surface area contributed by atoms with E-state index in [0.29, 0.717) is 17.9 Å². The molecule has 1 rings (SSSR count). The molecule has 0 bridgehead atoms. The fourth-order valence-corrected chi connectivity index (χ4v) is 1.31. The van der Waals surface area contributed by atoms with Crippen LogP contribution in [0.15, 0.2) is 18.2 Å². The zero-order valence-electron chi connectivity index (χ0n) is 9.31. The van der Waals surface area contributed by atoms with E-state index in [0.717, 1.165) is 12.8 Å². The molecule has 0 spiro atoms. The SMILES string of the molecule is CCCCOc1ccc([N+](=O)[O-])cc1CN. The van der Waals surface area contributed by atoms with Gasteiger partial charge in [-0.15, -0.1) is 0 Å². The topological polar surface area (TPSA) is 78.4 Å². The lowest BCUT2D eigenvalue weighted by molar-refractivity contribution is -0.384. The van der Waals surface area contributed by atoms with Crippen molar-refractivity contribution >= 4 is 5.69 Å². The summed E-state index contributed by atoms with van der Waals surface area (Å²) in [5.74, 6) is 0.640. The molecule has 0 radical (unpaired) electrons. The van der Waals surface area contributed by atoms with Crippen LogP contribution in [0.25, 0.3) is 0 Å². The van der Waals surface area contributed by atoms with Gasteiger partial charge in [0.25, 0.3) is 5.69 Å². The maximum Gasteiger partial charge on any atom is 0.270 e. The maximum atomic E-state index is 10.6. The van der Waals surface area contributed by atoms with Crippen LogP contribution in [0.5, 0.6) is 5.75 Å². The summed E-state index contributed by atoms with van der Waals surface area (Å²) in [5, 5.41) is 10.6. The second-order valence-electron chi connectivity index (χ2n) is 3.46. The van der Waals surface area contributed by atoms with E-state index in [1.54, 1.807) is 6.07 Å². The molecule has 0 heterocycles. The van der Waals surface area contributed by atoms with Gasteiger partial charge in [-0.3, -0.25) is 10.1 Å². The lowest BCUT2D eigenvalue weighted by atomic mass is 10.2. The Kier molecular flexibility index (Phi) is 4.72. The molecular formula is C11H16N2O3.